The van der Waals surface area contributed by atoms with E-state index in [1.807, 2.05) is 6.07 Å². The van der Waals surface area contributed by atoms with E-state index in [-0.39, 0.29) is 10.8 Å². The van der Waals surface area contributed by atoms with Gasteiger partial charge in [-0.05, 0) is 29.0 Å². The van der Waals surface area contributed by atoms with Gasteiger partial charge in [-0.1, -0.05) is 12.1 Å². The summed E-state index contributed by atoms with van der Waals surface area (Å²) in [5, 5.41) is -0.188. The van der Waals surface area contributed by atoms with Gasteiger partial charge in [0, 0.05) is 11.5 Å². The van der Waals surface area contributed by atoms with Crippen molar-refractivity contribution in [2.75, 3.05) is 0 Å². The molecule has 3 aromatic rings. The maximum absolute atomic E-state index is 14.1. The normalized spacial score (nSPS) is 11.3. The Morgan fingerprint density at radius 2 is 1.72 bits per heavy atom. The minimum atomic E-state index is -1.72. The molecule has 0 bridgehead atoms. The van der Waals surface area contributed by atoms with Gasteiger partial charge in [-0.25, -0.2) is 17.6 Å². The molecule has 88 valence electrons. The molecule has 0 aliphatic carbocycles. The van der Waals surface area contributed by atoms with E-state index in [4.69, 9.17) is 0 Å². The van der Waals surface area contributed by atoms with Crippen molar-refractivity contribution in [1.29, 1.82) is 0 Å². The zero-order valence-electron chi connectivity index (χ0n) is 8.82. The molecule has 0 saturated carbocycles. The van der Waals surface area contributed by atoms with E-state index in [1.165, 1.54) is 12.1 Å². The maximum atomic E-state index is 14.1. The highest BCUT2D eigenvalue weighted by Gasteiger charge is 2.18. The molecular weight excluding hydrogens is 244 g/mol. The summed E-state index contributed by atoms with van der Waals surface area (Å²) in [6, 6.07) is 10.4. The highest BCUT2D eigenvalue weighted by atomic mass is 19.2. The molecule has 0 heterocycles. The van der Waals surface area contributed by atoms with E-state index in [2.05, 4.69) is 6.07 Å². The minimum Gasteiger partial charge on any atom is -0.206 e. The van der Waals surface area contributed by atoms with Crippen molar-refractivity contribution in [2.45, 2.75) is 0 Å². The van der Waals surface area contributed by atoms with Crippen LogP contribution in [0.5, 0.6) is 0 Å². The van der Waals surface area contributed by atoms with Crippen molar-refractivity contribution in [2.24, 2.45) is 0 Å². The largest absolute Gasteiger partial charge is 0.206 e. The van der Waals surface area contributed by atoms with Crippen LogP contribution in [0.3, 0.4) is 0 Å². The van der Waals surface area contributed by atoms with E-state index in [0.29, 0.717) is 5.39 Å². The third-order valence-corrected chi connectivity index (χ3v) is 2.77. The van der Waals surface area contributed by atoms with Crippen LogP contribution < -0.4 is 0 Å². The van der Waals surface area contributed by atoms with Crippen molar-refractivity contribution < 1.29 is 17.6 Å². The summed E-state index contributed by atoms with van der Waals surface area (Å²) in [6.07, 6.45) is 0. The Hall–Kier alpha value is -2.10. The van der Waals surface area contributed by atoms with Gasteiger partial charge in [-0.2, -0.15) is 0 Å². The monoisotopic (exact) mass is 248 g/mol. The van der Waals surface area contributed by atoms with E-state index < -0.39 is 28.7 Å². The molecule has 18 heavy (non-hydrogen) atoms. The van der Waals surface area contributed by atoms with Crippen molar-refractivity contribution in [3.63, 3.8) is 0 Å². The first-order valence-corrected chi connectivity index (χ1v) is 5.07. The Balaban J connectivity index is 2.61. The lowest BCUT2D eigenvalue weighted by Crippen LogP contribution is -1.96. The summed E-state index contributed by atoms with van der Waals surface area (Å²) in [5.41, 5.74) is 0. The van der Waals surface area contributed by atoms with Crippen LogP contribution in [0.4, 0.5) is 17.6 Å². The lowest BCUT2D eigenvalue weighted by molar-refractivity contribution is 0.450. The van der Waals surface area contributed by atoms with Gasteiger partial charge in [-0.3, -0.25) is 0 Å². The number of benzene rings is 3. The molecule has 0 spiro atoms. The fourth-order valence-corrected chi connectivity index (χ4v) is 1.93. The molecule has 3 rings (SSSR count). The quantitative estimate of drug-likeness (QED) is 0.318. The molecule has 0 aliphatic rings. The number of rotatable bonds is 0. The molecule has 0 unspecified atom stereocenters. The second-order valence-electron chi connectivity index (χ2n) is 3.83. The third-order valence-electron chi connectivity index (χ3n) is 2.77. The first-order chi connectivity index (χ1) is 8.59. The number of fused-ring (bicyclic) bond motifs is 2. The third kappa shape index (κ3) is 1.38. The Morgan fingerprint density at radius 1 is 0.944 bits per heavy atom. The van der Waals surface area contributed by atoms with Gasteiger partial charge in [0.2, 0.25) is 0 Å². The molecule has 4 heteroatoms. The Bertz CT molecular complexity index is 778. The molecule has 2 radical (unpaired) electrons. The van der Waals surface area contributed by atoms with Gasteiger partial charge in [0.15, 0.2) is 17.5 Å². The van der Waals surface area contributed by atoms with E-state index in [0.717, 1.165) is 0 Å². The molecule has 0 amide bonds. The predicted octanol–water partition coefficient (Wildman–Crippen LogP) is 4.15. The summed E-state index contributed by atoms with van der Waals surface area (Å²) in [4.78, 5) is 0. The van der Waals surface area contributed by atoms with Crippen LogP contribution in [-0.2, 0) is 0 Å². The molecule has 0 aliphatic heterocycles. The van der Waals surface area contributed by atoms with Crippen molar-refractivity contribution >= 4 is 21.5 Å². The molecular formula is C14H4F4. The van der Waals surface area contributed by atoms with Crippen LogP contribution in [0.1, 0.15) is 0 Å². The Kier molecular flexibility index (Phi) is 2.26. The van der Waals surface area contributed by atoms with Gasteiger partial charge < -0.3 is 0 Å². The van der Waals surface area contributed by atoms with E-state index in [9.17, 15) is 17.6 Å². The summed E-state index contributed by atoms with van der Waals surface area (Å²) in [6.45, 7) is 0. The molecule has 0 N–H and O–H groups in total. The smallest absolute Gasteiger partial charge is 0.195 e. The molecule has 0 aromatic heterocycles. The van der Waals surface area contributed by atoms with Gasteiger partial charge in [-0.15, -0.1) is 0 Å². The topological polar surface area (TPSA) is 0 Å². The zero-order chi connectivity index (χ0) is 12.9. The average Bonchev–Trinajstić information content (AvgIpc) is 2.36. The maximum Gasteiger partial charge on any atom is 0.195 e. The van der Waals surface area contributed by atoms with Crippen LogP contribution in [0.25, 0.3) is 21.5 Å². The molecule has 0 fully saturated rings. The number of hydrogen-bond donors (Lipinski definition) is 0. The second-order valence-corrected chi connectivity index (χ2v) is 3.83. The first kappa shape index (κ1) is 11.0. The molecule has 0 saturated heterocycles. The van der Waals surface area contributed by atoms with Gasteiger partial charge in [0.25, 0.3) is 0 Å². The van der Waals surface area contributed by atoms with Crippen LogP contribution in [0.15, 0.2) is 24.3 Å². The van der Waals surface area contributed by atoms with Crippen LogP contribution >= 0.6 is 0 Å². The highest BCUT2D eigenvalue weighted by Crippen LogP contribution is 2.30. The van der Waals surface area contributed by atoms with Gasteiger partial charge in [0.1, 0.15) is 5.82 Å². The van der Waals surface area contributed by atoms with Crippen molar-refractivity contribution in [3.05, 3.63) is 59.7 Å². The summed E-state index contributed by atoms with van der Waals surface area (Å²) >= 11 is 0. The van der Waals surface area contributed by atoms with Gasteiger partial charge >= 0.3 is 0 Å². The molecule has 0 atom stereocenters. The second kappa shape index (κ2) is 3.70. The average molecular weight is 248 g/mol. The lowest BCUT2D eigenvalue weighted by Gasteiger charge is -2.06. The van der Waals surface area contributed by atoms with Crippen LogP contribution in [0, 0.1) is 35.4 Å². The van der Waals surface area contributed by atoms with E-state index >= 15 is 0 Å². The lowest BCUT2D eigenvalue weighted by atomic mass is 10.0. The SMILES string of the molecule is Fc1[c]c2cc3cc[c]cc3c(F)c2c(F)c1F. The fourth-order valence-electron chi connectivity index (χ4n) is 1.93. The van der Waals surface area contributed by atoms with Gasteiger partial charge in [0.05, 0.1) is 5.39 Å². The summed E-state index contributed by atoms with van der Waals surface area (Å²) in [7, 11) is 0. The number of hydrogen-bond acceptors (Lipinski definition) is 0. The minimum absolute atomic E-state index is 0.100. The Labute approximate surface area is 99.5 Å². The van der Waals surface area contributed by atoms with E-state index in [1.54, 1.807) is 12.1 Å². The van der Waals surface area contributed by atoms with Crippen molar-refractivity contribution in [3.8, 4) is 0 Å². The zero-order valence-corrected chi connectivity index (χ0v) is 8.82. The Morgan fingerprint density at radius 3 is 2.50 bits per heavy atom. The van der Waals surface area contributed by atoms with Crippen LogP contribution in [0.2, 0.25) is 0 Å². The summed E-state index contributed by atoms with van der Waals surface area (Å²) in [5.74, 6) is -5.65. The summed E-state index contributed by atoms with van der Waals surface area (Å²) < 4.78 is 53.8. The van der Waals surface area contributed by atoms with Crippen molar-refractivity contribution in [1.82, 2.24) is 0 Å². The standard InChI is InChI=1S/C14H4F4/c15-10-6-8-5-7-3-1-2-4-9(7)12(16)11(8)14(18)13(10)17/h1,3-5H. The predicted molar refractivity (Wildman–Crippen MR) is 59.0 cm³/mol. The fraction of sp³-hybridized carbons (Fsp3) is 0. The molecule has 0 nitrogen and oxygen atoms in total. The highest BCUT2D eigenvalue weighted by molar-refractivity contribution is 5.99. The number of halogens is 4. The van der Waals surface area contributed by atoms with Crippen LogP contribution in [-0.4, -0.2) is 0 Å². The first-order valence-electron chi connectivity index (χ1n) is 5.07. The molecule has 3 aromatic carbocycles.